The first kappa shape index (κ1) is 18.3. The third-order valence-electron chi connectivity index (χ3n) is 5.17. The zero-order valence-corrected chi connectivity index (χ0v) is 16.8. The molecular weight excluding hydrogens is 356 g/mol. The molecule has 0 radical (unpaired) electrons. The van der Waals surface area contributed by atoms with Crippen LogP contribution in [0.15, 0.2) is 41.7 Å². The number of pyridine rings is 1. The number of hydrogen-bond acceptors (Lipinski definition) is 5. The summed E-state index contributed by atoms with van der Waals surface area (Å²) in [4.78, 5) is 11.9. The van der Waals surface area contributed by atoms with Crippen molar-refractivity contribution in [1.82, 2.24) is 19.4 Å². The lowest BCUT2D eigenvalue weighted by Crippen LogP contribution is -2.33. The fraction of sp³-hybridized carbons (Fsp3) is 0.429. The Morgan fingerprint density at radius 3 is 2.74 bits per heavy atom. The Kier molecular flexibility index (Phi) is 5.64. The molecule has 0 saturated carbocycles. The van der Waals surface area contributed by atoms with Crippen LogP contribution in [0.5, 0.6) is 5.75 Å². The van der Waals surface area contributed by atoms with Crippen molar-refractivity contribution in [1.29, 1.82) is 0 Å². The van der Waals surface area contributed by atoms with Crippen LogP contribution in [0.25, 0.3) is 16.9 Å². The predicted molar refractivity (Wildman–Crippen MR) is 111 cm³/mol. The van der Waals surface area contributed by atoms with Crippen molar-refractivity contribution in [3.05, 3.63) is 42.1 Å². The van der Waals surface area contributed by atoms with E-state index in [0.717, 1.165) is 39.9 Å². The van der Waals surface area contributed by atoms with Crippen LogP contribution in [0.2, 0.25) is 0 Å². The van der Waals surface area contributed by atoms with E-state index >= 15 is 0 Å². The summed E-state index contributed by atoms with van der Waals surface area (Å²) in [6.45, 7) is 6.17. The highest BCUT2D eigenvalue weighted by atomic mass is 32.2. The highest BCUT2D eigenvalue weighted by Crippen LogP contribution is 2.30. The maximum Gasteiger partial charge on any atom is 0.174 e. The average molecular weight is 383 g/mol. The number of ether oxygens (including phenoxy) is 1. The van der Waals surface area contributed by atoms with Gasteiger partial charge in [0, 0.05) is 18.3 Å². The minimum atomic E-state index is 0.713. The van der Waals surface area contributed by atoms with E-state index in [0.29, 0.717) is 6.61 Å². The summed E-state index contributed by atoms with van der Waals surface area (Å²) in [5.41, 5.74) is 3.11. The molecular formula is C21H26N4OS. The molecule has 3 aromatic rings. The van der Waals surface area contributed by atoms with Crippen LogP contribution in [0.4, 0.5) is 0 Å². The number of rotatable bonds is 6. The molecule has 0 N–H and O–H groups in total. The number of hydrogen-bond donors (Lipinski definition) is 0. The van der Waals surface area contributed by atoms with Crippen molar-refractivity contribution < 1.29 is 4.74 Å². The molecule has 1 fully saturated rings. The Morgan fingerprint density at radius 1 is 1.11 bits per heavy atom. The number of benzene rings is 1. The standard InChI is InChI=1S/C21H26N4OS/c1-16-19(26-15-14-24-12-6-3-7-13-24)10-11-22-20(16)25-18-9-5-4-8-17(18)23-21(25)27-2/h4-5,8-11H,3,6-7,12-15H2,1-2H3. The van der Waals surface area contributed by atoms with E-state index in [1.165, 1.54) is 32.4 Å². The fourth-order valence-electron chi connectivity index (χ4n) is 3.70. The number of fused-ring (bicyclic) bond motifs is 1. The smallest absolute Gasteiger partial charge is 0.174 e. The van der Waals surface area contributed by atoms with Gasteiger partial charge in [-0.15, -0.1) is 0 Å². The molecule has 27 heavy (non-hydrogen) atoms. The van der Waals surface area contributed by atoms with Gasteiger partial charge in [0.25, 0.3) is 0 Å². The average Bonchev–Trinajstić information content (AvgIpc) is 3.09. The number of thioether (sulfide) groups is 1. The van der Waals surface area contributed by atoms with E-state index in [-0.39, 0.29) is 0 Å². The van der Waals surface area contributed by atoms with Gasteiger partial charge in [0.1, 0.15) is 18.2 Å². The third-order valence-corrected chi connectivity index (χ3v) is 5.80. The summed E-state index contributed by atoms with van der Waals surface area (Å²) in [7, 11) is 0. The van der Waals surface area contributed by atoms with E-state index < -0.39 is 0 Å². The van der Waals surface area contributed by atoms with Crippen LogP contribution in [0.3, 0.4) is 0 Å². The Labute approximate surface area is 164 Å². The van der Waals surface area contributed by atoms with Crippen LogP contribution in [0.1, 0.15) is 24.8 Å². The molecule has 1 aliphatic rings. The number of nitrogens with zero attached hydrogens (tertiary/aromatic N) is 4. The summed E-state index contributed by atoms with van der Waals surface area (Å²) in [6, 6.07) is 10.2. The molecule has 0 unspecified atom stereocenters. The molecule has 142 valence electrons. The monoisotopic (exact) mass is 382 g/mol. The van der Waals surface area contributed by atoms with Crippen molar-refractivity contribution in [3.8, 4) is 11.6 Å². The molecule has 3 heterocycles. The Bertz CT molecular complexity index is 918. The fourth-order valence-corrected chi connectivity index (χ4v) is 4.26. The van der Waals surface area contributed by atoms with Gasteiger partial charge in [-0.25, -0.2) is 9.97 Å². The van der Waals surface area contributed by atoms with Crippen molar-refractivity contribution in [2.24, 2.45) is 0 Å². The summed E-state index contributed by atoms with van der Waals surface area (Å²) < 4.78 is 8.27. The molecule has 6 heteroatoms. The molecule has 1 aromatic carbocycles. The van der Waals surface area contributed by atoms with Crippen LogP contribution >= 0.6 is 11.8 Å². The highest BCUT2D eigenvalue weighted by Gasteiger charge is 2.17. The van der Waals surface area contributed by atoms with E-state index in [4.69, 9.17) is 9.72 Å². The largest absolute Gasteiger partial charge is 0.492 e. The van der Waals surface area contributed by atoms with Gasteiger partial charge in [0.2, 0.25) is 0 Å². The van der Waals surface area contributed by atoms with Crippen LogP contribution in [-0.2, 0) is 0 Å². The molecule has 5 nitrogen and oxygen atoms in total. The van der Waals surface area contributed by atoms with E-state index in [9.17, 15) is 0 Å². The molecule has 0 bridgehead atoms. The van der Waals surface area contributed by atoms with Crippen molar-refractivity contribution in [2.75, 3.05) is 32.5 Å². The maximum atomic E-state index is 6.14. The SMILES string of the molecule is CSc1nc2ccccc2n1-c1nccc(OCCN2CCCCC2)c1C. The van der Waals surface area contributed by atoms with Gasteiger partial charge in [0.05, 0.1) is 11.0 Å². The second-order valence-electron chi connectivity index (χ2n) is 6.93. The lowest BCUT2D eigenvalue weighted by Gasteiger charge is -2.26. The van der Waals surface area contributed by atoms with E-state index in [2.05, 4.69) is 27.4 Å². The highest BCUT2D eigenvalue weighted by molar-refractivity contribution is 7.98. The molecule has 0 spiro atoms. The number of para-hydroxylation sites is 2. The Morgan fingerprint density at radius 2 is 1.93 bits per heavy atom. The lowest BCUT2D eigenvalue weighted by molar-refractivity contribution is 0.183. The summed E-state index contributed by atoms with van der Waals surface area (Å²) in [5.74, 6) is 1.80. The van der Waals surface area contributed by atoms with Gasteiger partial charge < -0.3 is 4.74 Å². The zero-order chi connectivity index (χ0) is 18.6. The number of piperidine rings is 1. The van der Waals surface area contributed by atoms with Crippen molar-refractivity contribution >= 4 is 22.8 Å². The van der Waals surface area contributed by atoms with Gasteiger partial charge in [-0.05, 0) is 57.3 Å². The van der Waals surface area contributed by atoms with Crippen LogP contribution in [-0.4, -0.2) is 51.9 Å². The minimum absolute atomic E-state index is 0.713. The quantitative estimate of drug-likeness (QED) is 0.594. The van der Waals surface area contributed by atoms with Crippen LogP contribution < -0.4 is 4.74 Å². The Balaban J connectivity index is 1.59. The van der Waals surface area contributed by atoms with Crippen LogP contribution in [0, 0.1) is 6.92 Å². The lowest BCUT2D eigenvalue weighted by atomic mass is 10.1. The number of likely N-dealkylation sites (tertiary alicyclic amines) is 1. The molecule has 0 aliphatic carbocycles. The topological polar surface area (TPSA) is 43.2 Å². The minimum Gasteiger partial charge on any atom is -0.492 e. The van der Waals surface area contributed by atoms with Crippen molar-refractivity contribution in [3.63, 3.8) is 0 Å². The second kappa shape index (κ2) is 8.31. The van der Waals surface area contributed by atoms with Gasteiger partial charge in [-0.2, -0.15) is 0 Å². The van der Waals surface area contributed by atoms with Gasteiger partial charge in [0.15, 0.2) is 5.16 Å². The molecule has 4 rings (SSSR count). The molecule has 0 amide bonds. The third kappa shape index (κ3) is 3.82. The summed E-state index contributed by atoms with van der Waals surface area (Å²) >= 11 is 1.63. The Hall–Kier alpha value is -2.05. The second-order valence-corrected chi connectivity index (χ2v) is 7.70. The first-order valence-electron chi connectivity index (χ1n) is 9.60. The first-order chi connectivity index (χ1) is 13.3. The first-order valence-corrected chi connectivity index (χ1v) is 10.8. The van der Waals surface area contributed by atoms with E-state index in [1.54, 1.807) is 11.8 Å². The maximum absolute atomic E-state index is 6.14. The number of aromatic nitrogens is 3. The van der Waals surface area contributed by atoms with Gasteiger partial charge in [-0.1, -0.05) is 30.3 Å². The molecule has 1 saturated heterocycles. The van der Waals surface area contributed by atoms with E-state index in [1.807, 2.05) is 36.7 Å². The normalized spacial score (nSPS) is 15.3. The zero-order valence-electron chi connectivity index (χ0n) is 16.0. The number of imidazole rings is 1. The van der Waals surface area contributed by atoms with Gasteiger partial charge >= 0.3 is 0 Å². The van der Waals surface area contributed by atoms with Gasteiger partial charge in [-0.3, -0.25) is 9.47 Å². The molecule has 0 atom stereocenters. The predicted octanol–water partition coefficient (Wildman–Crippen LogP) is 4.32. The summed E-state index contributed by atoms with van der Waals surface area (Å²) in [6.07, 6.45) is 7.86. The molecule has 2 aromatic heterocycles. The van der Waals surface area contributed by atoms with Crippen molar-refractivity contribution in [2.45, 2.75) is 31.3 Å². The molecule has 1 aliphatic heterocycles. The summed E-state index contributed by atoms with van der Waals surface area (Å²) in [5, 5.41) is 0.942.